The van der Waals surface area contributed by atoms with Crippen LogP contribution < -0.4 is 10.2 Å². The molecule has 2 aromatic carbocycles. The summed E-state index contributed by atoms with van der Waals surface area (Å²) in [6.45, 7) is 3.88. The molecule has 2 aromatic rings. The largest absolute Gasteiger partial charge is 0.419 e. The van der Waals surface area contributed by atoms with E-state index in [1.807, 2.05) is 41.5 Å². The molecule has 2 saturated heterocycles. The van der Waals surface area contributed by atoms with Gasteiger partial charge in [0, 0.05) is 44.4 Å². The lowest BCUT2D eigenvalue weighted by Gasteiger charge is -2.34. The molecule has 2 N–H and O–H groups in total. The van der Waals surface area contributed by atoms with E-state index in [2.05, 4.69) is 14.6 Å². The van der Waals surface area contributed by atoms with Crippen LogP contribution in [0.25, 0.3) is 6.08 Å². The molecule has 7 nitrogen and oxygen atoms in total. The lowest BCUT2D eigenvalue weighted by molar-refractivity contribution is -0.140. The molecule has 3 heterocycles. The third kappa shape index (κ3) is 6.24. The van der Waals surface area contributed by atoms with Crippen molar-refractivity contribution in [2.75, 3.05) is 31.6 Å². The molecule has 0 radical (unpaired) electrons. The first-order valence-corrected chi connectivity index (χ1v) is 13.6. The number of hydrogen-bond acceptors (Lipinski definition) is 6. The van der Waals surface area contributed by atoms with Crippen molar-refractivity contribution in [3.8, 4) is 0 Å². The van der Waals surface area contributed by atoms with Gasteiger partial charge in [0.1, 0.15) is 17.2 Å². The highest BCUT2D eigenvalue weighted by molar-refractivity contribution is 8.00. The highest BCUT2D eigenvalue weighted by Crippen LogP contribution is 2.36. The van der Waals surface area contributed by atoms with E-state index in [1.54, 1.807) is 0 Å². The zero-order valence-electron chi connectivity index (χ0n) is 22.1. The third-order valence-corrected chi connectivity index (χ3v) is 8.09. The van der Waals surface area contributed by atoms with E-state index in [1.165, 1.54) is 18.0 Å². The average Bonchev–Trinajstić information content (AvgIpc) is 3.50. The molecule has 1 spiro atoms. The quantitative estimate of drug-likeness (QED) is 0.389. The SMILES string of the molecule is CO.Cc1cc(N2CCCC2=O)ccc1/C=C/SN1CCC2(CC1)N=C(c1ccc(F)c(C(F)(F)F)c1)NC2=O. The standard InChI is InChI=1S/C27H26F4N4O2S.CH4O/c1-17-15-20(35-11-2-3-23(35)36)6-4-18(17)8-14-38-34-12-9-26(10-13-34)25(37)32-24(33-26)19-5-7-22(28)21(16-19)27(29,30)31;1-2/h4-8,14-16H,2-3,9-13H2,1H3,(H,32,33,37);2H,1H3/b14-8+;. The van der Waals surface area contributed by atoms with Gasteiger partial charge < -0.3 is 15.3 Å². The number of amidine groups is 1. The third-order valence-electron chi connectivity index (χ3n) is 7.17. The van der Waals surface area contributed by atoms with E-state index in [9.17, 15) is 27.2 Å². The molecule has 214 valence electrons. The summed E-state index contributed by atoms with van der Waals surface area (Å²) < 4.78 is 55.1. The number of aryl methyl sites for hydroxylation is 1. The summed E-state index contributed by atoms with van der Waals surface area (Å²) in [7, 11) is 1.00. The number of hydrogen-bond donors (Lipinski definition) is 2. The number of carbonyl (C=O) groups excluding carboxylic acids is 2. The molecular formula is C28H30F4N4O3S. The summed E-state index contributed by atoms with van der Waals surface area (Å²) in [6.07, 6.45) is -0.543. The molecule has 0 aliphatic carbocycles. The lowest BCUT2D eigenvalue weighted by atomic mass is 9.89. The fourth-order valence-corrected chi connectivity index (χ4v) is 5.74. The Morgan fingerprint density at radius 2 is 1.80 bits per heavy atom. The number of aliphatic hydroxyl groups excluding tert-OH is 1. The number of carbonyl (C=O) groups is 2. The minimum atomic E-state index is -4.84. The van der Waals surface area contributed by atoms with Crippen molar-refractivity contribution < 1.29 is 32.3 Å². The summed E-state index contributed by atoms with van der Waals surface area (Å²) in [6, 6.07) is 8.59. The highest BCUT2D eigenvalue weighted by Gasteiger charge is 2.46. The van der Waals surface area contributed by atoms with Gasteiger partial charge in [-0.15, -0.1) is 0 Å². The van der Waals surface area contributed by atoms with Crippen LogP contribution in [-0.4, -0.2) is 59.3 Å². The van der Waals surface area contributed by atoms with Crippen LogP contribution >= 0.6 is 11.9 Å². The molecule has 40 heavy (non-hydrogen) atoms. The van der Waals surface area contributed by atoms with Gasteiger partial charge in [-0.3, -0.25) is 14.6 Å². The first-order valence-electron chi connectivity index (χ1n) is 12.8. The molecule has 12 heteroatoms. The minimum absolute atomic E-state index is 0.0270. The zero-order chi connectivity index (χ0) is 29.1. The number of alkyl halides is 3. The summed E-state index contributed by atoms with van der Waals surface area (Å²) in [5, 5.41) is 11.6. The van der Waals surface area contributed by atoms with Gasteiger partial charge in [-0.1, -0.05) is 18.0 Å². The maximum atomic E-state index is 13.7. The molecule has 3 aliphatic rings. The number of nitrogens with one attached hydrogen (secondary N) is 1. The normalized spacial score (nSPS) is 19.2. The summed E-state index contributed by atoms with van der Waals surface area (Å²) >= 11 is 1.52. The predicted octanol–water partition coefficient (Wildman–Crippen LogP) is 4.92. The monoisotopic (exact) mass is 578 g/mol. The molecule has 0 bridgehead atoms. The van der Waals surface area contributed by atoms with Gasteiger partial charge in [0.25, 0.3) is 5.91 Å². The molecule has 0 saturated carbocycles. The van der Waals surface area contributed by atoms with Gasteiger partial charge in [0.05, 0.1) is 5.56 Å². The van der Waals surface area contributed by atoms with Crippen LogP contribution in [0, 0.1) is 12.7 Å². The molecule has 2 fully saturated rings. The fraction of sp³-hybridized carbons (Fsp3) is 0.393. The van der Waals surface area contributed by atoms with Gasteiger partial charge >= 0.3 is 6.18 Å². The topological polar surface area (TPSA) is 85.2 Å². The van der Waals surface area contributed by atoms with Gasteiger partial charge in [-0.25, -0.2) is 8.70 Å². The van der Waals surface area contributed by atoms with Crippen molar-refractivity contribution in [3.05, 3.63) is 69.9 Å². The summed E-state index contributed by atoms with van der Waals surface area (Å²) in [5.74, 6) is -1.52. The molecule has 0 aromatic heterocycles. The average molecular weight is 579 g/mol. The molecule has 5 rings (SSSR count). The molecule has 0 atom stereocenters. The van der Waals surface area contributed by atoms with Crippen LogP contribution in [0.4, 0.5) is 23.2 Å². The Morgan fingerprint density at radius 1 is 1.07 bits per heavy atom. The van der Waals surface area contributed by atoms with Crippen molar-refractivity contribution in [1.82, 2.24) is 9.62 Å². The second-order valence-corrected chi connectivity index (χ2v) is 10.7. The van der Waals surface area contributed by atoms with Crippen LogP contribution in [0.3, 0.4) is 0 Å². The molecule has 3 aliphatic heterocycles. The van der Waals surface area contributed by atoms with Crippen LogP contribution in [0.2, 0.25) is 0 Å². The number of piperidine rings is 1. The predicted molar refractivity (Wildman–Crippen MR) is 147 cm³/mol. The Labute approximate surface area is 234 Å². The number of aliphatic imine (C=N–C) groups is 1. The van der Waals surface area contributed by atoms with Gasteiger partial charge in [-0.2, -0.15) is 13.2 Å². The number of halogens is 4. The number of aliphatic hydroxyl groups is 1. The van der Waals surface area contributed by atoms with E-state index in [4.69, 9.17) is 5.11 Å². The van der Waals surface area contributed by atoms with E-state index < -0.39 is 23.1 Å². The molecule has 0 unspecified atom stereocenters. The summed E-state index contributed by atoms with van der Waals surface area (Å²) in [5.41, 5.74) is 0.627. The Bertz CT molecular complexity index is 1340. The van der Waals surface area contributed by atoms with Gasteiger partial charge in [0.2, 0.25) is 5.91 Å². The minimum Gasteiger partial charge on any atom is -0.400 e. The molecule has 2 amide bonds. The van der Waals surface area contributed by atoms with Crippen molar-refractivity contribution in [3.63, 3.8) is 0 Å². The van der Waals surface area contributed by atoms with Crippen LogP contribution in [0.1, 0.15) is 47.9 Å². The van der Waals surface area contributed by atoms with Crippen molar-refractivity contribution in [2.45, 2.75) is 44.3 Å². The van der Waals surface area contributed by atoms with Crippen LogP contribution in [0.15, 0.2) is 46.8 Å². The Hall–Kier alpha value is -3.22. The maximum absolute atomic E-state index is 13.7. The smallest absolute Gasteiger partial charge is 0.400 e. The van der Waals surface area contributed by atoms with Gasteiger partial charge in [0.15, 0.2) is 0 Å². The number of nitrogens with zero attached hydrogens (tertiary/aromatic N) is 3. The number of amides is 2. The number of anilines is 1. The Morgan fingerprint density at radius 3 is 2.42 bits per heavy atom. The number of rotatable bonds is 5. The van der Waals surface area contributed by atoms with Crippen LogP contribution in [-0.2, 0) is 15.8 Å². The summed E-state index contributed by atoms with van der Waals surface area (Å²) in [4.78, 5) is 31.1. The Balaban J connectivity index is 0.00000181. The van der Waals surface area contributed by atoms with Crippen LogP contribution in [0.5, 0.6) is 0 Å². The first kappa shape index (κ1) is 29.8. The van der Waals surface area contributed by atoms with Gasteiger partial charge in [-0.05, 0) is 79.1 Å². The second kappa shape index (κ2) is 12.1. The first-order chi connectivity index (χ1) is 19.1. The maximum Gasteiger partial charge on any atom is 0.419 e. The van der Waals surface area contributed by atoms with Crippen molar-refractivity contribution in [2.24, 2.45) is 4.99 Å². The van der Waals surface area contributed by atoms with Crippen molar-refractivity contribution in [1.29, 1.82) is 0 Å². The van der Waals surface area contributed by atoms with E-state index in [0.717, 1.165) is 43.0 Å². The second-order valence-electron chi connectivity index (χ2n) is 9.67. The number of benzene rings is 2. The van der Waals surface area contributed by atoms with E-state index in [-0.39, 0.29) is 23.2 Å². The fourth-order valence-electron chi connectivity index (χ4n) is 4.97. The van der Waals surface area contributed by atoms with E-state index >= 15 is 0 Å². The zero-order valence-corrected chi connectivity index (χ0v) is 22.9. The van der Waals surface area contributed by atoms with Crippen molar-refractivity contribution >= 4 is 41.4 Å². The van der Waals surface area contributed by atoms with E-state index in [0.29, 0.717) is 38.4 Å². The molecular weight excluding hydrogens is 548 g/mol. The lowest BCUT2D eigenvalue weighted by Crippen LogP contribution is -2.47. The highest BCUT2D eigenvalue weighted by atomic mass is 32.2. The Kier molecular flexibility index (Phi) is 9.01.